The molecule has 1 saturated heterocycles. The maximum Gasteiger partial charge on any atom is 0.337 e. The summed E-state index contributed by atoms with van der Waals surface area (Å²) in [5, 5.41) is 12.0. The van der Waals surface area contributed by atoms with Crippen molar-refractivity contribution in [3.63, 3.8) is 0 Å². The molecule has 34 heavy (non-hydrogen) atoms. The fraction of sp³-hybridized carbons (Fsp3) is 0.409. The van der Waals surface area contributed by atoms with E-state index in [0.717, 1.165) is 16.5 Å². The number of rotatable bonds is 6. The van der Waals surface area contributed by atoms with Crippen LogP contribution < -0.4 is 4.72 Å². The van der Waals surface area contributed by atoms with E-state index in [4.69, 9.17) is 21.4 Å². The van der Waals surface area contributed by atoms with Gasteiger partial charge in [0.15, 0.2) is 10.8 Å². The van der Waals surface area contributed by atoms with Crippen molar-refractivity contribution in [2.24, 2.45) is 4.99 Å². The van der Waals surface area contributed by atoms with Crippen LogP contribution in [-0.2, 0) is 20.5 Å². The minimum absolute atomic E-state index is 0.102. The van der Waals surface area contributed by atoms with Gasteiger partial charge < -0.3 is 14.7 Å². The number of fused-ring (bicyclic) bond motifs is 1. The van der Waals surface area contributed by atoms with E-state index >= 15 is 0 Å². The van der Waals surface area contributed by atoms with Crippen LogP contribution in [0, 0.1) is 5.82 Å². The average Bonchev–Trinajstić information content (AvgIpc) is 3.50. The number of hydrogen-bond acceptors (Lipinski definition) is 8. The molecule has 1 fully saturated rings. The number of aliphatic hydroxyl groups excluding tert-OH is 1. The Morgan fingerprint density at radius 2 is 2.21 bits per heavy atom. The normalized spacial score (nSPS) is 17.5. The molecule has 2 N–H and O–H groups in total. The zero-order valence-corrected chi connectivity index (χ0v) is 21.6. The van der Waals surface area contributed by atoms with Crippen LogP contribution in [0.4, 0.5) is 4.39 Å². The smallest absolute Gasteiger partial charge is 0.337 e. The number of aromatic nitrogens is 1. The van der Waals surface area contributed by atoms with Crippen LogP contribution in [-0.4, -0.2) is 69.6 Å². The molecule has 0 aliphatic carbocycles. The van der Waals surface area contributed by atoms with Crippen molar-refractivity contribution >= 4 is 45.7 Å². The number of nitrogens with zero attached hydrogens (tertiary/aromatic N) is 3. The third-order valence-electron chi connectivity index (χ3n) is 4.58. The van der Waals surface area contributed by atoms with Crippen LogP contribution in [0.1, 0.15) is 25.3 Å². The molecule has 0 spiro atoms. The van der Waals surface area contributed by atoms with E-state index in [-0.39, 0.29) is 30.8 Å². The molecule has 1 aromatic carbocycles. The largest absolute Gasteiger partial charge is 0.466 e. The molecule has 2 aliphatic heterocycles. The van der Waals surface area contributed by atoms with Gasteiger partial charge in [0.25, 0.3) is 0 Å². The summed E-state index contributed by atoms with van der Waals surface area (Å²) < 4.78 is 31.8. The van der Waals surface area contributed by atoms with Crippen molar-refractivity contribution in [3.8, 4) is 0 Å². The fourth-order valence-corrected chi connectivity index (χ4v) is 4.90. The molecule has 4 rings (SSSR count). The first-order valence-corrected chi connectivity index (χ1v) is 13.2. The summed E-state index contributed by atoms with van der Waals surface area (Å²) in [5.41, 5.74) is 1.36. The van der Waals surface area contributed by atoms with Gasteiger partial charge in [0.2, 0.25) is 0 Å². The number of halogens is 2. The Balaban J connectivity index is 0.000000343. The van der Waals surface area contributed by atoms with Gasteiger partial charge in [0.1, 0.15) is 5.82 Å². The Morgan fingerprint density at radius 1 is 1.44 bits per heavy atom. The van der Waals surface area contributed by atoms with Gasteiger partial charge >= 0.3 is 5.97 Å². The van der Waals surface area contributed by atoms with Gasteiger partial charge in [-0.05, 0) is 18.2 Å². The molecule has 3 heterocycles. The topological polar surface area (TPSA) is 104 Å². The van der Waals surface area contributed by atoms with E-state index in [1.807, 2.05) is 24.1 Å². The van der Waals surface area contributed by atoms with Crippen LogP contribution in [0.5, 0.6) is 0 Å². The van der Waals surface area contributed by atoms with Crippen LogP contribution in [0.15, 0.2) is 52.1 Å². The number of carbonyl (C=O) groups excluding carboxylic acids is 1. The second-order valence-electron chi connectivity index (χ2n) is 6.74. The Bertz CT molecular complexity index is 1020. The minimum atomic E-state index is -1.31. The van der Waals surface area contributed by atoms with Gasteiger partial charge in [-0.25, -0.2) is 23.1 Å². The second-order valence-corrected chi connectivity index (χ2v) is 9.40. The van der Waals surface area contributed by atoms with Gasteiger partial charge in [-0.15, -0.1) is 11.3 Å². The highest BCUT2D eigenvalue weighted by atomic mass is 35.5. The van der Waals surface area contributed by atoms with E-state index in [0.29, 0.717) is 23.6 Å². The van der Waals surface area contributed by atoms with Gasteiger partial charge in [-0.3, -0.25) is 4.99 Å². The monoisotopic (exact) mass is 530 g/mol. The summed E-state index contributed by atoms with van der Waals surface area (Å²) >= 11 is 6.89. The summed E-state index contributed by atoms with van der Waals surface area (Å²) in [6, 6.07) is 5.71. The third kappa shape index (κ3) is 7.67. The van der Waals surface area contributed by atoms with Gasteiger partial charge in [-0.2, -0.15) is 0 Å². The number of ether oxygens (including phenoxy) is 1. The maximum absolute atomic E-state index is 12.1. The van der Waals surface area contributed by atoms with Crippen LogP contribution in [0.3, 0.4) is 0 Å². The number of aliphatic imine (C=N–C) groups is 1. The molecule has 186 valence electrons. The molecule has 2 unspecified atom stereocenters. The molecule has 0 saturated carbocycles. The lowest BCUT2D eigenvalue weighted by Gasteiger charge is -2.26. The average molecular weight is 531 g/mol. The van der Waals surface area contributed by atoms with Crippen molar-refractivity contribution in [1.29, 1.82) is 0 Å². The number of hydrogen-bond donors (Lipinski definition) is 2. The van der Waals surface area contributed by atoms with E-state index in [1.165, 1.54) is 30.6 Å². The summed E-state index contributed by atoms with van der Waals surface area (Å²) in [7, 11) is 0.0352. The first-order valence-electron chi connectivity index (χ1n) is 10.6. The summed E-state index contributed by atoms with van der Waals surface area (Å²) in [4.78, 5) is 22.8. The van der Waals surface area contributed by atoms with Gasteiger partial charge in [0, 0.05) is 41.3 Å². The van der Waals surface area contributed by atoms with Crippen molar-refractivity contribution in [3.05, 3.63) is 63.0 Å². The number of methoxy groups -OCH3 is 1. The highest BCUT2D eigenvalue weighted by molar-refractivity contribution is 7.83. The third-order valence-corrected chi connectivity index (χ3v) is 6.73. The Kier molecular flexibility index (Phi) is 11.8. The van der Waals surface area contributed by atoms with Crippen LogP contribution >= 0.6 is 22.9 Å². The number of aliphatic hydroxyl groups is 1. The van der Waals surface area contributed by atoms with Gasteiger partial charge in [-0.1, -0.05) is 31.5 Å². The minimum Gasteiger partial charge on any atom is -0.466 e. The molecule has 8 nitrogen and oxygen atoms in total. The Morgan fingerprint density at radius 3 is 2.76 bits per heavy atom. The molecule has 2 aliphatic rings. The van der Waals surface area contributed by atoms with Crippen molar-refractivity contribution in [2.75, 3.05) is 32.6 Å². The summed E-state index contributed by atoms with van der Waals surface area (Å²) in [6.07, 6.45) is 2.26. The van der Waals surface area contributed by atoms with Crippen molar-refractivity contribution in [2.45, 2.75) is 26.3 Å². The second kappa shape index (κ2) is 14.3. The first-order chi connectivity index (χ1) is 16.4. The zero-order chi connectivity index (χ0) is 25.1. The van der Waals surface area contributed by atoms with E-state index in [2.05, 4.69) is 14.7 Å². The Labute approximate surface area is 210 Å². The van der Waals surface area contributed by atoms with Crippen LogP contribution in [0.2, 0.25) is 5.02 Å². The SMILES string of the molecule is CC.COC(=O)C1=C2CC(NS(=O)CCO)CN2C(c2nccs2)=NC1.Fc1cccc(Cl)c1. The van der Waals surface area contributed by atoms with Gasteiger partial charge in [0.05, 0.1) is 42.6 Å². The van der Waals surface area contributed by atoms with Crippen LogP contribution in [0.25, 0.3) is 0 Å². The number of nitrogens with one attached hydrogen (secondary N) is 1. The highest BCUT2D eigenvalue weighted by Crippen LogP contribution is 2.31. The molecular weight excluding hydrogens is 503 g/mol. The molecule has 0 radical (unpaired) electrons. The predicted octanol–water partition coefficient (Wildman–Crippen LogP) is 3.16. The quantitative estimate of drug-likeness (QED) is 0.556. The number of amidine groups is 1. The lowest BCUT2D eigenvalue weighted by atomic mass is 10.1. The molecular formula is C22H28ClFN4O4S2. The molecule has 0 bridgehead atoms. The molecule has 2 aromatic rings. The number of thiazole rings is 1. The maximum atomic E-state index is 12.1. The lowest BCUT2D eigenvalue weighted by Crippen LogP contribution is -2.38. The van der Waals surface area contributed by atoms with Crippen molar-refractivity contribution < 1.29 is 23.2 Å². The van der Waals surface area contributed by atoms with E-state index in [1.54, 1.807) is 18.3 Å². The fourth-order valence-electron chi connectivity index (χ4n) is 3.26. The molecule has 0 amide bonds. The zero-order valence-electron chi connectivity index (χ0n) is 19.2. The van der Waals surface area contributed by atoms with E-state index < -0.39 is 17.0 Å². The molecule has 12 heteroatoms. The molecule has 1 aromatic heterocycles. The Hall–Kier alpha value is -2.18. The lowest BCUT2D eigenvalue weighted by molar-refractivity contribution is -0.136. The first kappa shape index (κ1) is 28.1. The summed E-state index contributed by atoms with van der Waals surface area (Å²) in [5.74, 6) is 0.212. The highest BCUT2D eigenvalue weighted by Gasteiger charge is 2.37. The van der Waals surface area contributed by atoms with Crippen molar-refractivity contribution in [1.82, 2.24) is 14.6 Å². The summed E-state index contributed by atoms with van der Waals surface area (Å²) in [6.45, 7) is 4.64. The number of benzene rings is 1. The standard InChI is InChI=1S/C14H18N4O4S2.C6H4ClF.C2H6/c1-22-14(20)10-7-16-12(13-15-2-4-23-13)18-8-9(6-11(10)18)17-24(21)5-3-19;7-5-2-1-3-6(8)4-5;1-2/h2,4,9,17,19H,3,5-8H2,1H3;1-4H;1-2H3. The number of esters is 1. The predicted molar refractivity (Wildman–Crippen MR) is 134 cm³/mol. The van der Waals surface area contributed by atoms with E-state index in [9.17, 15) is 13.4 Å². The number of carbonyl (C=O) groups is 1. The molecule has 2 atom stereocenters.